The van der Waals surface area contributed by atoms with Gasteiger partial charge in [0.2, 0.25) is 15.9 Å². The molecule has 9 heteroatoms. The molecule has 0 aromatic heterocycles. The topological polar surface area (TPSA) is 95.6 Å². The van der Waals surface area contributed by atoms with E-state index in [-0.39, 0.29) is 23.3 Å². The smallest absolute Gasteiger partial charge is 0.251 e. The second-order valence-electron chi connectivity index (χ2n) is 7.08. The molecule has 30 heavy (non-hydrogen) atoms. The standard InChI is InChI=1S/C21H24ClN3O4S/c1-23-20(26)16-7-5-15(6-8-16)14-25(19-4-2-3-13-24-21(19)27)30(28,29)18-11-9-17(22)10-12-18/h5-12,19H,2-4,13-14H2,1H3,(H,23,26)(H,24,27). The van der Waals surface area contributed by atoms with Crippen LogP contribution in [0.3, 0.4) is 0 Å². The fourth-order valence-corrected chi connectivity index (χ4v) is 5.12. The number of amides is 2. The summed E-state index contributed by atoms with van der Waals surface area (Å²) in [6.07, 6.45) is 1.98. The number of benzene rings is 2. The molecule has 2 amide bonds. The van der Waals surface area contributed by atoms with Gasteiger partial charge in [-0.2, -0.15) is 4.31 Å². The molecule has 1 aliphatic heterocycles. The molecule has 160 valence electrons. The van der Waals surface area contributed by atoms with Crippen LogP contribution in [0.15, 0.2) is 53.4 Å². The van der Waals surface area contributed by atoms with Gasteiger partial charge in [0.25, 0.3) is 5.91 Å². The van der Waals surface area contributed by atoms with Gasteiger partial charge in [0, 0.05) is 30.7 Å². The molecule has 1 saturated heterocycles. The molecule has 0 radical (unpaired) electrons. The van der Waals surface area contributed by atoms with Crippen molar-refractivity contribution < 1.29 is 18.0 Å². The van der Waals surface area contributed by atoms with Crippen molar-refractivity contribution in [1.29, 1.82) is 0 Å². The molecule has 1 atom stereocenters. The van der Waals surface area contributed by atoms with E-state index in [1.165, 1.54) is 28.6 Å². The fourth-order valence-electron chi connectivity index (χ4n) is 3.39. The normalized spacial score (nSPS) is 17.3. The molecule has 3 rings (SSSR count). The zero-order chi connectivity index (χ0) is 21.7. The molecule has 1 unspecified atom stereocenters. The molecule has 0 bridgehead atoms. The van der Waals surface area contributed by atoms with Gasteiger partial charge in [0.1, 0.15) is 6.04 Å². The second kappa shape index (κ2) is 9.59. The predicted molar refractivity (Wildman–Crippen MR) is 115 cm³/mol. The van der Waals surface area contributed by atoms with Gasteiger partial charge in [0.15, 0.2) is 0 Å². The Bertz CT molecular complexity index is 1010. The van der Waals surface area contributed by atoms with Crippen LogP contribution in [0.1, 0.15) is 35.2 Å². The average molecular weight is 450 g/mol. The summed E-state index contributed by atoms with van der Waals surface area (Å²) in [4.78, 5) is 24.5. The molecule has 1 fully saturated rings. The third-order valence-corrected chi connectivity index (χ3v) is 7.18. The molecule has 7 nitrogen and oxygen atoms in total. The first-order valence-corrected chi connectivity index (χ1v) is 11.5. The fraction of sp³-hybridized carbons (Fsp3) is 0.333. The first-order chi connectivity index (χ1) is 14.3. The Labute approximate surface area is 181 Å². The third kappa shape index (κ3) is 5.00. The highest BCUT2D eigenvalue weighted by Crippen LogP contribution is 2.26. The molecule has 0 saturated carbocycles. The first-order valence-electron chi connectivity index (χ1n) is 9.69. The lowest BCUT2D eigenvalue weighted by molar-refractivity contribution is -0.124. The summed E-state index contributed by atoms with van der Waals surface area (Å²) in [6, 6.07) is 11.8. The van der Waals surface area contributed by atoms with E-state index in [4.69, 9.17) is 11.6 Å². The summed E-state index contributed by atoms with van der Waals surface area (Å²) in [5.41, 5.74) is 1.15. The Hall–Kier alpha value is -2.42. The van der Waals surface area contributed by atoms with E-state index in [1.54, 1.807) is 31.3 Å². The number of sulfonamides is 1. The van der Waals surface area contributed by atoms with Crippen molar-refractivity contribution in [2.75, 3.05) is 13.6 Å². The number of nitrogens with zero attached hydrogens (tertiary/aromatic N) is 1. The van der Waals surface area contributed by atoms with Crippen molar-refractivity contribution in [3.63, 3.8) is 0 Å². The maximum atomic E-state index is 13.5. The van der Waals surface area contributed by atoms with Gasteiger partial charge in [0.05, 0.1) is 4.90 Å². The van der Waals surface area contributed by atoms with Gasteiger partial charge >= 0.3 is 0 Å². The number of rotatable bonds is 6. The molecule has 0 aliphatic carbocycles. The lowest BCUT2D eigenvalue weighted by Gasteiger charge is -2.29. The summed E-state index contributed by atoms with van der Waals surface area (Å²) >= 11 is 5.91. The Morgan fingerprint density at radius 2 is 1.80 bits per heavy atom. The van der Waals surface area contributed by atoms with Gasteiger partial charge in [-0.1, -0.05) is 23.7 Å². The number of hydrogen-bond acceptors (Lipinski definition) is 4. The van der Waals surface area contributed by atoms with Gasteiger partial charge < -0.3 is 10.6 Å². The highest BCUT2D eigenvalue weighted by atomic mass is 35.5. The molecule has 2 aromatic rings. The minimum absolute atomic E-state index is 0.0110. The minimum atomic E-state index is -3.96. The Kier molecular flexibility index (Phi) is 7.12. The van der Waals surface area contributed by atoms with Crippen molar-refractivity contribution in [2.24, 2.45) is 0 Å². The van der Waals surface area contributed by atoms with Crippen LogP contribution >= 0.6 is 11.6 Å². The molecule has 2 N–H and O–H groups in total. The lowest BCUT2D eigenvalue weighted by Crippen LogP contribution is -2.48. The number of nitrogens with one attached hydrogen (secondary N) is 2. The van der Waals surface area contributed by atoms with Crippen molar-refractivity contribution in [1.82, 2.24) is 14.9 Å². The van der Waals surface area contributed by atoms with Crippen LogP contribution in [0.5, 0.6) is 0 Å². The van der Waals surface area contributed by atoms with Crippen molar-refractivity contribution >= 4 is 33.4 Å². The maximum Gasteiger partial charge on any atom is 0.251 e. The number of halogens is 1. The average Bonchev–Trinajstić information content (AvgIpc) is 2.96. The molecule has 0 spiro atoms. The van der Waals surface area contributed by atoms with Crippen molar-refractivity contribution in [3.8, 4) is 0 Å². The molecule has 1 heterocycles. The maximum absolute atomic E-state index is 13.5. The summed E-state index contributed by atoms with van der Waals surface area (Å²) in [5, 5.41) is 5.78. The minimum Gasteiger partial charge on any atom is -0.355 e. The van der Waals surface area contributed by atoms with Crippen LogP contribution in [0.2, 0.25) is 5.02 Å². The van der Waals surface area contributed by atoms with E-state index in [0.29, 0.717) is 29.1 Å². The van der Waals surface area contributed by atoms with Crippen LogP contribution in [0, 0.1) is 0 Å². The predicted octanol–water partition coefficient (Wildman–Crippen LogP) is 2.56. The van der Waals surface area contributed by atoms with Crippen LogP contribution in [0.25, 0.3) is 0 Å². The zero-order valence-corrected chi connectivity index (χ0v) is 18.2. The number of hydrogen-bond donors (Lipinski definition) is 2. The van der Waals surface area contributed by atoms with Crippen LogP contribution < -0.4 is 10.6 Å². The monoisotopic (exact) mass is 449 g/mol. The summed E-state index contributed by atoms with van der Waals surface area (Å²) in [5.74, 6) is -0.526. The van der Waals surface area contributed by atoms with Gasteiger partial charge in [-0.25, -0.2) is 8.42 Å². The van der Waals surface area contributed by atoms with Crippen molar-refractivity contribution in [3.05, 3.63) is 64.7 Å². The van der Waals surface area contributed by atoms with E-state index in [1.807, 2.05) is 0 Å². The largest absolute Gasteiger partial charge is 0.355 e. The van der Waals surface area contributed by atoms with Gasteiger partial charge in [-0.05, 0) is 61.2 Å². The van der Waals surface area contributed by atoms with E-state index in [0.717, 1.165) is 12.8 Å². The Morgan fingerprint density at radius 3 is 2.43 bits per heavy atom. The Balaban J connectivity index is 1.97. The van der Waals surface area contributed by atoms with Gasteiger partial charge in [-0.15, -0.1) is 0 Å². The van der Waals surface area contributed by atoms with Crippen LogP contribution in [-0.2, 0) is 21.4 Å². The molecule has 1 aliphatic rings. The molecular weight excluding hydrogens is 426 g/mol. The third-order valence-electron chi connectivity index (χ3n) is 5.06. The SMILES string of the molecule is CNC(=O)c1ccc(CN(C2CCCCNC2=O)S(=O)(=O)c2ccc(Cl)cc2)cc1. The van der Waals surface area contributed by atoms with E-state index >= 15 is 0 Å². The summed E-state index contributed by atoms with van der Waals surface area (Å²) in [7, 11) is -2.42. The molecular formula is C21H24ClN3O4S. The first kappa shape index (κ1) is 22.3. The van der Waals surface area contributed by atoms with Gasteiger partial charge in [-0.3, -0.25) is 9.59 Å². The number of carbonyl (C=O) groups excluding carboxylic acids is 2. The van der Waals surface area contributed by atoms with Crippen molar-refractivity contribution in [2.45, 2.75) is 36.7 Å². The highest BCUT2D eigenvalue weighted by Gasteiger charge is 2.36. The highest BCUT2D eigenvalue weighted by molar-refractivity contribution is 7.89. The van der Waals surface area contributed by atoms with E-state index in [9.17, 15) is 18.0 Å². The van der Waals surface area contributed by atoms with E-state index in [2.05, 4.69) is 10.6 Å². The van der Waals surface area contributed by atoms with Crippen LogP contribution in [0.4, 0.5) is 0 Å². The second-order valence-corrected chi connectivity index (χ2v) is 9.41. The lowest BCUT2D eigenvalue weighted by atomic mass is 10.1. The summed E-state index contributed by atoms with van der Waals surface area (Å²) < 4.78 is 28.2. The molecule has 2 aromatic carbocycles. The van der Waals surface area contributed by atoms with E-state index < -0.39 is 16.1 Å². The zero-order valence-electron chi connectivity index (χ0n) is 16.6. The quantitative estimate of drug-likeness (QED) is 0.708. The Morgan fingerprint density at radius 1 is 1.13 bits per heavy atom. The number of carbonyl (C=O) groups is 2. The summed E-state index contributed by atoms with van der Waals surface area (Å²) in [6.45, 7) is 0.544. The van der Waals surface area contributed by atoms with Crippen LogP contribution in [-0.4, -0.2) is 44.2 Å².